The third-order valence-corrected chi connectivity index (χ3v) is 3.60. The molecule has 2 rings (SSSR count). The number of piperazine rings is 1. The molecule has 0 saturated carbocycles. The lowest BCUT2D eigenvalue weighted by Crippen LogP contribution is -2.50. The number of hydrogen-bond acceptors (Lipinski definition) is 4. The lowest BCUT2D eigenvalue weighted by Gasteiger charge is -2.39. The van der Waals surface area contributed by atoms with E-state index < -0.39 is 0 Å². The van der Waals surface area contributed by atoms with Crippen LogP contribution < -0.4 is 15.4 Å². The number of rotatable bonds is 2. The van der Waals surface area contributed by atoms with Gasteiger partial charge in [-0.3, -0.25) is 0 Å². The van der Waals surface area contributed by atoms with Crippen LogP contribution in [0, 0.1) is 5.82 Å². The van der Waals surface area contributed by atoms with Gasteiger partial charge in [-0.2, -0.15) is 0 Å². The Morgan fingerprint density at radius 2 is 2.11 bits per heavy atom. The molecule has 0 amide bonds. The highest BCUT2D eigenvalue weighted by molar-refractivity contribution is 5.63. The van der Waals surface area contributed by atoms with Gasteiger partial charge in [-0.25, -0.2) is 4.39 Å². The Balaban J connectivity index is 2.28. The second-order valence-electron chi connectivity index (χ2n) is 4.82. The number of likely N-dealkylation sites (N-methyl/N-ethyl adjacent to an activating group) is 1. The molecule has 1 fully saturated rings. The summed E-state index contributed by atoms with van der Waals surface area (Å²) in [6.45, 7) is 4.68. The summed E-state index contributed by atoms with van der Waals surface area (Å²) in [5.41, 5.74) is 6.59. The SMILES string of the molecule is COc1cc(N2CCN(C)C(C)C2)c(F)cc1N. The second kappa shape index (κ2) is 5.02. The first kappa shape index (κ1) is 13.0. The molecule has 1 saturated heterocycles. The summed E-state index contributed by atoms with van der Waals surface area (Å²) in [5, 5.41) is 0. The van der Waals surface area contributed by atoms with Gasteiger partial charge in [-0.15, -0.1) is 0 Å². The van der Waals surface area contributed by atoms with Crippen molar-refractivity contribution in [2.24, 2.45) is 0 Å². The molecule has 0 spiro atoms. The Morgan fingerprint density at radius 3 is 2.72 bits per heavy atom. The summed E-state index contributed by atoms with van der Waals surface area (Å²) < 4.78 is 19.1. The van der Waals surface area contributed by atoms with Gasteiger partial charge < -0.3 is 20.3 Å². The Morgan fingerprint density at radius 1 is 1.39 bits per heavy atom. The number of nitrogens with two attached hydrogens (primary N) is 1. The monoisotopic (exact) mass is 253 g/mol. The van der Waals surface area contributed by atoms with Crippen molar-refractivity contribution in [1.29, 1.82) is 0 Å². The standard InChI is InChI=1S/C13H20FN3O/c1-9-8-17(5-4-16(9)2)12-7-13(18-3)11(15)6-10(12)14/h6-7,9H,4-5,8,15H2,1-3H3. The maximum absolute atomic E-state index is 14.0. The van der Waals surface area contributed by atoms with Crippen molar-refractivity contribution in [2.75, 3.05) is 44.4 Å². The number of anilines is 2. The average molecular weight is 253 g/mol. The molecule has 0 aromatic heterocycles. The zero-order valence-corrected chi connectivity index (χ0v) is 11.1. The number of hydrogen-bond donors (Lipinski definition) is 1. The zero-order chi connectivity index (χ0) is 13.3. The van der Waals surface area contributed by atoms with Crippen molar-refractivity contribution in [1.82, 2.24) is 4.90 Å². The third kappa shape index (κ3) is 2.36. The van der Waals surface area contributed by atoms with E-state index in [1.54, 1.807) is 13.2 Å². The quantitative estimate of drug-likeness (QED) is 0.812. The number of benzene rings is 1. The minimum Gasteiger partial charge on any atom is -0.495 e. The number of halogens is 1. The van der Waals surface area contributed by atoms with E-state index in [0.717, 1.165) is 19.6 Å². The molecular weight excluding hydrogens is 233 g/mol. The third-order valence-electron chi connectivity index (χ3n) is 3.60. The summed E-state index contributed by atoms with van der Waals surface area (Å²) >= 11 is 0. The molecule has 2 N–H and O–H groups in total. The van der Waals surface area contributed by atoms with Gasteiger partial charge >= 0.3 is 0 Å². The van der Waals surface area contributed by atoms with E-state index >= 15 is 0 Å². The Labute approximate surface area is 107 Å². The van der Waals surface area contributed by atoms with Crippen molar-refractivity contribution in [3.63, 3.8) is 0 Å². The summed E-state index contributed by atoms with van der Waals surface area (Å²) in [6.07, 6.45) is 0. The lowest BCUT2D eigenvalue weighted by molar-refractivity contribution is 0.233. The smallest absolute Gasteiger partial charge is 0.148 e. The van der Waals surface area contributed by atoms with Crippen LogP contribution in [0.25, 0.3) is 0 Å². The summed E-state index contributed by atoms with van der Waals surface area (Å²) in [4.78, 5) is 4.31. The van der Waals surface area contributed by atoms with E-state index in [9.17, 15) is 4.39 Å². The number of nitrogens with zero attached hydrogens (tertiary/aromatic N) is 2. The van der Waals surface area contributed by atoms with Crippen LogP contribution in [0.3, 0.4) is 0 Å². The van der Waals surface area contributed by atoms with Gasteiger partial charge in [-0.05, 0) is 14.0 Å². The maximum Gasteiger partial charge on any atom is 0.148 e. The van der Waals surface area contributed by atoms with Gasteiger partial charge in [0.1, 0.15) is 11.6 Å². The predicted octanol–water partition coefficient (Wildman–Crippen LogP) is 1.56. The fourth-order valence-electron chi connectivity index (χ4n) is 2.24. The summed E-state index contributed by atoms with van der Waals surface area (Å²) in [6, 6.07) is 3.42. The molecular formula is C13H20FN3O. The summed E-state index contributed by atoms with van der Waals surface area (Å²) in [5.74, 6) is 0.239. The van der Waals surface area contributed by atoms with Crippen LogP contribution in [0.2, 0.25) is 0 Å². The topological polar surface area (TPSA) is 41.7 Å². The van der Waals surface area contributed by atoms with Crippen molar-refractivity contribution in [2.45, 2.75) is 13.0 Å². The molecule has 0 bridgehead atoms. The number of ether oxygens (including phenoxy) is 1. The molecule has 18 heavy (non-hydrogen) atoms. The van der Waals surface area contributed by atoms with Gasteiger partial charge in [-0.1, -0.05) is 0 Å². The minimum atomic E-state index is -0.287. The van der Waals surface area contributed by atoms with E-state index in [0.29, 0.717) is 23.2 Å². The van der Waals surface area contributed by atoms with E-state index in [1.807, 2.05) is 4.90 Å². The van der Waals surface area contributed by atoms with Crippen LogP contribution in [-0.4, -0.2) is 44.7 Å². The number of methoxy groups -OCH3 is 1. The second-order valence-corrected chi connectivity index (χ2v) is 4.82. The summed E-state index contributed by atoms with van der Waals surface area (Å²) in [7, 11) is 3.63. The van der Waals surface area contributed by atoms with Crippen molar-refractivity contribution >= 4 is 11.4 Å². The van der Waals surface area contributed by atoms with Gasteiger partial charge in [0.05, 0.1) is 18.5 Å². The van der Waals surface area contributed by atoms with E-state index in [1.165, 1.54) is 6.07 Å². The Bertz CT molecular complexity index is 438. The highest BCUT2D eigenvalue weighted by Crippen LogP contribution is 2.31. The molecule has 1 heterocycles. The zero-order valence-electron chi connectivity index (χ0n) is 11.1. The van der Waals surface area contributed by atoms with E-state index in [2.05, 4.69) is 18.9 Å². The molecule has 1 atom stereocenters. The first-order valence-corrected chi connectivity index (χ1v) is 6.11. The Hall–Kier alpha value is -1.49. The van der Waals surface area contributed by atoms with Gasteiger partial charge in [0.2, 0.25) is 0 Å². The maximum atomic E-state index is 14.0. The minimum absolute atomic E-state index is 0.287. The molecule has 1 aromatic rings. The van der Waals surface area contributed by atoms with Crippen LogP contribution in [0.5, 0.6) is 5.75 Å². The van der Waals surface area contributed by atoms with Crippen LogP contribution in [0.4, 0.5) is 15.8 Å². The van der Waals surface area contributed by atoms with E-state index in [4.69, 9.17) is 10.5 Å². The molecule has 4 nitrogen and oxygen atoms in total. The van der Waals surface area contributed by atoms with Crippen molar-refractivity contribution in [3.05, 3.63) is 17.9 Å². The highest BCUT2D eigenvalue weighted by atomic mass is 19.1. The molecule has 1 aliphatic rings. The fraction of sp³-hybridized carbons (Fsp3) is 0.538. The molecule has 1 unspecified atom stereocenters. The first-order chi connectivity index (χ1) is 8.52. The largest absolute Gasteiger partial charge is 0.495 e. The van der Waals surface area contributed by atoms with Crippen molar-refractivity contribution in [3.8, 4) is 5.75 Å². The molecule has 5 heteroatoms. The van der Waals surface area contributed by atoms with E-state index in [-0.39, 0.29) is 5.82 Å². The fourth-order valence-corrected chi connectivity index (χ4v) is 2.24. The van der Waals surface area contributed by atoms with Gasteiger partial charge in [0.15, 0.2) is 0 Å². The van der Waals surface area contributed by atoms with Crippen LogP contribution >= 0.6 is 0 Å². The molecule has 100 valence electrons. The average Bonchev–Trinajstić information content (AvgIpc) is 2.33. The van der Waals surface area contributed by atoms with Crippen LogP contribution in [0.15, 0.2) is 12.1 Å². The number of nitrogen functional groups attached to an aromatic ring is 1. The van der Waals surface area contributed by atoms with Crippen LogP contribution in [0.1, 0.15) is 6.92 Å². The molecule has 1 aromatic carbocycles. The normalized spacial score (nSPS) is 21.1. The van der Waals surface area contributed by atoms with Gasteiger partial charge in [0.25, 0.3) is 0 Å². The lowest BCUT2D eigenvalue weighted by atomic mass is 10.1. The first-order valence-electron chi connectivity index (χ1n) is 6.11. The Kier molecular flexibility index (Phi) is 3.61. The predicted molar refractivity (Wildman–Crippen MR) is 71.7 cm³/mol. The van der Waals surface area contributed by atoms with Gasteiger partial charge in [0, 0.05) is 37.8 Å². The molecule has 0 radical (unpaired) electrons. The van der Waals surface area contributed by atoms with Crippen LogP contribution in [-0.2, 0) is 0 Å². The highest BCUT2D eigenvalue weighted by Gasteiger charge is 2.23. The van der Waals surface area contributed by atoms with Crippen molar-refractivity contribution < 1.29 is 9.13 Å². The molecule has 1 aliphatic heterocycles. The molecule has 0 aliphatic carbocycles.